The zero-order valence-electron chi connectivity index (χ0n) is 14.8. The molecule has 1 fully saturated rings. The summed E-state index contributed by atoms with van der Waals surface area (Å²) in [5, 5.41) is 8.59. The van der Waals surface area contributed by atoms with Gasteiger partial charge in [0.15, 0.2) is 0 Å². The third-order valence-electron chi connectivity index (χ3n) is 5.26. The molecule has 0 aliphatic heterocycles. The number of hydrogen-bond donors (Lipinski definition) is 1. The number of rotatable bonds is 5. The maximum absolute atomic E-state index is 11.9. The lowest BCUT2D eigenvalue weighted by Gasteiger charge is -2.38. The molecular formula is C19H22N4O2S. The van der Waals surface area contributed by atoms with Crippen molar-refractivity contribution in [2.24, 2.45) is 0 Å². The van der Waals surface area contributed by atoms with E-state index in [1.165, 1.54) is 52.9 Å². The fourth-order valence-corrected chi connectivity index (χ4v) is 4.57. The van der Waals surface area contributed by atoms with E-state index in [-0.39, 0.29) is 11.0 Å². The van der Waals surface area contributed by atoms with Crippen LogP contribution in [-0.4, -0.2) is 28.3 Å². The molecule has 0 bridgehead atoms. The Morgan fingerprint density at radius 3 is 2.65 bits per heavy atom. The summed E-state index contributed by atoms with van der Waals surface area (Å²) in [6, 6.07) is 9.85. The van der Waals surface area contributed by atoms with Crippen molar-refractivity contribution in [3.63, 3.8) is 0 Å². The van der Waals surface area contributed by atoms with Gasteiger partial charge in [-0.15, -0.1) is 5.10 Å². The Hall–Kier alpha value is -2.41. The molecule has 7 heteroatoms. The maximum Gasteiger partial charge on any atom is 0.275 e. The summed E-state index contributed by atoms with van der Waals surface area (Å²) in [6.07, 6.45) is 7.58. The van der Waals surface area contributed by atoms with E-state index in [0.29, 0.717) is 4.96 Å². The molecule has 3 aromatic rings. The Bertz CT molecular complexity index is 942. The molecule has 26 heavy (non-hydrogen) atoms. The van der Waals surface area contributed by atoms with Crippen molar-refractivity contribution in [1.29, 1.82) is 0 Å². The summed E-state index contributed by atoms with van der Waals surface area (Å²) in [7, 11) is 1.69. The van der Waals surface area contributed by atoms with Crippen molar-refractivity contribution in [3.8, 4) is 5.75 Å². The van der Waals surface area contributed by atoms with Gasteiger partial charge in [0.1, 0.15) is 5.75 Å². The highest BCUT2D eigenvalue weighted by Crippen LogP contribution is 2.40. The van der Waals surface area contributed by atoms with Crippen LogP contribution in [0.4, 0.5) is 5.13 Å². The lowest BCUT2D eigenvalue weighted by Crippen LogP contribution is -2.36. The molecule has 1 aliphatic rings. The Kier molecular flexibility index (Phi) is 4.63. The number of fused-ring (bicyclic) bond motifs is 1. The maximum atomic E-state index is 11.9. The standard InChI is InChI=1S/C19H22N4O2S/c1-25-15-7-5-14(6-8-15)19(10-3-2-4-11-19)13-21-17-22-23-16(24)9-12-20-18(23)26-17/h5-9,12H,2-4,10-11,13H2,1H3,(H,21,22). The summed E-state index contributed by atoms with van der Waals surface area (Å²) < 4.78 is 6.66. The minimum absolute atomic E-state index is 0.0841. The van der Waals surface area contributed by atoms with Crippen molar-refractivity contribution in [2.45, 2.75) is 37.5 Å². The van der Waals surface area contributed by atoms with Crippen molar-refractivity contribution < 1.29 is 4.74 Å². The van der Waals surface area contributed by atoms with Gasteiger partial charge >= 0.3 is 0 Å². The van der Waals surface area contributed by atoms with Crippen LogP contribution in [0.3, 0.4) is 0 Å². The molecular weight excluding hydrogens is 348 g/mol. The van der Waals surface area contributed by atoms with Crippen molar-refractivity contribution in [3.05, 3.63) is 52.4 Å². The van der Waals surface area contributed by atoms with Gasteiger partial charge in [-0.25, -0.2) is 4.98 Å². The Morgan fingerprint density at radius 2 is 1.96 bits per heavy atom. The second-order valence-electron chi connectivity index (χ2n) is 6.81. The van der Waals surface area contributed by atoms with Gasteiger partial charge in [-0.3, -0.25) is 4.79 Å². The number of ether oxygens (including phenoxy) is 1. The summed E-state index contributed by atoms with van der Waals surface area (Å²) in [6.45, 7) is 0.800. The van der Waals surface area contributed by atoms with Gasteiger partial charge in [0.05, 0.1) is 7.11 Å². The Morgan fingerprint density at radius 1 is 1.19 bits per heavy atom. The second kappa shape index (κ2) is 7.07. The summed E-state index contributed by atoms with van der Waals surface area (Å²) in [5.41, 5.74) is 1.27. The number of benzene rings is 1. The van der Waals surface area contributed by atoms with E-state index in [0.717, 1.165) is 30.3 Å². The minimum Gasteiger partial charge on any atom is -0.497 e. The van der Waals surface area contributed by atoms with Gasteiger partial charge in [0.25, 0.3) is 5.56 Å². The summed E-state index contributed by atoms with van der Waals surface area (Å²) in [5.74, 6) is 0.879. The van der Waals surface area contributed by atoms with E-state index >= 15 is 0 Å². The van der Waals surface area contributed by atoms with Crippen LogP contribution in [-0.2, 0) is 5.41 Å². The first-order chi connectivity index (χ1) is 12.7. The van der Waals surface area contributed by atoms with Gasteiger partial charge in [0.2, 0.25) is 10.1 Å². The fourth-order valence-electron chi connectivity index (χ4n) is 3.80. The van der Waals surface area contributed by atoms with E-state index in [9.17, 15) is 4.79 Å². The van der Waals surface area contributed by atoms with Crippen LogP contribution in [0.1, 0.15) is 37.7 Å². The molecule has 0 atom stereocenters. The lowest BCUT2D eigenvalue weighted by atomic mass is 9.69. The number of hydrogen-bond acceptors (Lipinski definition) is 6. The van der Waals surface area contributed by atoms with Crippen LogP contribution < -0.4 is 15.6 Å². The molecule has 2 heterocycles. The molecule has 0 radical (unpaired) electrons. The predicted octanol–water partition coefficient (Wildman–Crippen LogP) is 3.47. The fraction of sp³-hybridized carbons (Fsp3) is 0.421. The van der Waals surface area contributed by atoms with Gasteiger partial charge < -0.3 is 10.1 Å². The number of nitrogens with one attached hydrogen (secondary N) is 1. The minimum atomic E-state index is -0.151. The molecule has 6 nitrogen and oxygen atoms in total. The first-order valence-electron chi connectivity index (χ1n) is 8.93. The number of methoxy groups -OCH3 is 1. The largest absolute Gasteiger partial charge is 0.497 e. The molecule has 1 aromatic carbocycles. The Labute approximate surface area is 155 Å². The molecule has 1 aliphatic carbocycles. The van der Waals surface area contributed by atoms with E-state index in [2.05, 4.69) is 27.5 Å². The van der Waals surface area contributed by atoms with E-state index < -0.39 is 0 Å². The number of aromatic nitrogens is 3. The Balaban J connectivity index is 1.60. The quantitative estimate of drug-likeness (QED) is 0.745. The monoisotopic (exact) mass is 370 g/mol. The first-order valence-corrected chi connectivity index (χ1v) is 9.75. The van der Waals surface area contributed by atoms with Crippen LogP contribution in [0, 0.1) is 0 Å². The molecule has 4 rings (SSSR count). The van der Waals surface area contributed by atoms with Crippen molar-refractivity contribution in [2.75, 3.05) is 19.0 Å². The first kappa shape index (κ1) is 17.0. The average Bonchev–Trinajstić information content (AvgIpc) is 3.12. The van der Waals surface area contributed by atoms with E-state index in [4.69, 9.17) is 4.74 Å². The highest BCUT2D eigenvalue weighted by Gasteiger charge is 2.34. The summed E-state index contributed by atoms with van der Waals surface area (Å²) >= 11 is 1.41. The molecule has 2 aromatic heterocycles. The molecule has 0 unspecified atom stereocenters. The van der Waals surface area contributed by atoms with Gasteiger partial charge in [0, 0.05) is 24.2 Å². The van der Waals surface area contributed by atoms with Gasteiger partial charge in [-0.05, 0) is 30.5 Å². The predicted molar refractivity (Wildman–Crippen MR) is 103 cm³/mol. The highest BCUT2D eigenvalue weighted by molar-refractivity contribution is 7.20. The van der Waals surface area contributed by atoms with Gasteiger partial charge in [-0.1, -0.05) is 42.7 Å². The number of anilines is 1. The van der Waals surface area contributed by atoms with Gasteiger partial charge in [-0.2, -0.15) is 4.52 Å². The molecule has 0 saturated heterocycles. The van der Waals surface area contributed by atoms with E-state index in [1.807, 2.05) is 12.1 Å². The molecule has 1 N–H and O–H groups in total. The van der Waals surface area contributed by atoms with E-state index in [1.54, 1.807) is 7.11 Å². The molecule has 136 valence electrons. The topological polar surface area (TPSA) is 68.5 Å². The highest BCUT2D eigenvalue weighted by atomic mass is 32.1. The zero-order chi connectivity index (χ0) is 18.0. The van der Waals surface area contributed by atoms with Crippen LogP contribution in [0.25, 0.3) is 4.96 Å². The zero-order valence-corrected chi connectivity index (χ0v) is 15.6. The smallest absolute Gasteiger partial charge is 0.275 e. The molecule has 1 saturated carbocycles. The normalized spacial score (nSPS) is 16.5. The van der Waals surface area contributed by atoms with Crippen LogP contribution in [0.15, 0.2) is 41.3 Å². The van der Waals surface area contributed by atoms with Crippen molar-refractivity contribution in [1.82, 2.24) is 14.6 Å². The summed E-state index contributed by atoms with van der Waals surface area (Å²) in [4.78, 5) is 16.7. The molecule has 0 spiro atoms. The van der Waals surface area contributed by atoms with Crippen molar-refractivity contribution >= 4 is 21.4 Å². The third kappa shape index (κ3) is 3.19. The van der Waals surface area contributed by atoms with Crippen LogP contribution in [0.2, 0.25) is 0 Å². The van der Waals surface area contributed by atoms with Crippen LogP contribution >= 0.6 is 11.3 Å². The van der Waals surface area contributed by atoms with Crippen LogP contribution in [0.5, 0.6) is 5.75 Å². The number of nitrogens with zero attached hydrogens (tertiary/aromatic N) is 3. The third-order valence-corrected chi connectivity index (χ3v) is 6.14. The molecule has 0 amide bonds. The lowest BCUT2D eigenvalue weighted by molar-refractivity contribution is 0.307. The SMILES string of the molecule is COc1ccc(C2(CNc3nn4c(=O)ccnc4s3)CCCCC2)cc1. The average molecular weight is 370 g/mol. The second-order valence-corrected chi connectivity index (χ2v) is 7.76.